The van der Waals surface area contributed by atoms with Crippen LogP contribution in [0.15, 0.2) is 78.4 Å². The van der Waals surface area contributed by atoms with E-state index in [1.165, 1.54) is 52.4 Å². The van der Waals surface area contributed by atoms with E-state index in [9.17, 15) is 24.3 Å². The number of piperazine rings is 1. The summed E-state index contributed by atoms with van der Waals surface area (Å²) in [5.74, 6) is 0.111. The Bertz CT molecular complexity index is 3040. The van der Waals surface area contributed by atoms with Crippen molar-refractivity contribution in [2.75, 3.05) is 64.6 Å². The third kappa shape index (κ3) is 8.75. The lowest BCUT2D eigenvalue weighted by Crippen LogP contribution is -2.57. The Morgan fingerprint density at radius 3 is 2.43 bits per heavy atom. The average Bonchev–Trinajstić information content (AvgIpc) is 4.01. The first-order valence-corrected chi connectivity index (χ1v) is 26.0. The third-order valence-corrected chi connectivity index (χ3v) is 16.4. The van der Waals surface area contributed by atoms with E-state index >= 15 is 0 Å². The predicted octanol–water partition coefficient (Wildman–Crippen LogP) is 7.26. The number of anilines is 6. The van der Waals surface area contributed by atoms with Crippen molar-refractivity contribution in [3.05, 3.63) is 118 Å². The minimum absolute atomic E-state index is 0.0518. The molecule has 4 aliphatic heterocycles. The number of nitrogens with one attached hydrogen (secondary N) is 2. The van der Waals surface area contributed by atoms with E-state index in [1.807, 2.05) is 24.3 Å². The summed E-state index contributed by atoms with van der Waals surface area (Å²) in [6.07, 6.45) is 14.4. The molecule has 11 rings (SSSR count). The SMILES string of the molecule is C=CC(=O)Nc1cc(Nc2nc(-c3ccnc(N4CCn5c(cc6c5CC(C)(C)C6)C4=O)c3CO)cn(C)c2=O)ccc1N1CCN(C2CCN(c3ccc4c(c3)CN(C3CCCCC3)C4=O)CC2)CC1C. The Hall–Kier alpha value is -6.78. The van der Waals surface area contributed by atoms with Crippen LogP contribution in [-0.2, 0) is 44.4 Å². The first-order valence-electron chi connectivity index (χ1n) is 26.0. The number of pyridine rings is 1. The molecule has 0 spiro atoms. The Morgan fingerprint density at radius 2 is 1.67 bits per heavy atom. The number of benzene rings is 2. The second-order valence-electron chi connectivity index (χ2n) is 21.7. The van der Waals surface area contributed by atoms with Gasteiger partial charge in [0.15, 0.2) is 5.82 Å². The first-order chi connectivity index (χ1) is 34.8. The van der Waals surface area contributed by atoms with Gasteiger partial charge in [-0.25, -0.2) is 9.97 Å². The molecule has 5 aromatic rings. The molecule has 3 fully saturated rings. The van der Waals surface area contributed by atoms with Crippen LogP contribution >= 0.6 is 0 Å². The molecule has 3 N–H and O–H groups in total. The van der Waals surface area contributed by atoms with Crippen molar-refractivity contribution >= 4 is 52.1 Å². The molecule has 2 saturated heterocycles. The summed E-state index contributed by atoms with van der Waals surface area (Å²) in [5.41, 5.74) is 9.54. The van der Waals surface area contributed by atoms with Crippen LogP contribution in [0, 0.1) is 5.41 Å². The summed E-state index contributed by atoms with van der Waals surface area (Å²) in [5, 5.41) is 17.1. The zero-order valence-electron chi connectivity index (χ0n) is 42.1. The Morgan fingerprint density at radius 1 is 0.861 bits per heavy atom. The molecule has 72 heavy (non-hydrogen) atoms. The highest BCUT2D eigenvalue weighted by molar-refractivity contribution is 6.06. The van der Waals surface area contributed by atoms with Crippen LogP contribution in [0.25, 0.3) is 11.3 Å². The van der Waals surface area contributed by atoms with Gasteiger partial charge in [0.2, 0.25) is 5.91 Å². The van der Waals surface area contributed by atoms with Crippen molar-refractivity contribution in [1.29, 1.82) is 0 Å². The van der Waals surface area contributed by atoms with Gasteiger partial charge in [0.05, 0.1) is 23.7 Å². The number of fused-ring (bicyclic) bond motifs is 4. The quantitative estimate of drug-likeness (QED) is 0.114. The van der Waals surface area contributed by atoms with Crippen molar-refractivity contribution < 1.29 is 19.5 Å². The second-order valence-corrected chi connectivity index (χ2v) is 21.7. The summed E-state index contributed by atoms with van der Waals surface area (Å²) in [6, 6.07) is 16.9. The maximum atomic E-state index is 14.1. The van der Waals surface area contributed by atoms with Gasteiger partial charge in [-0.05, 0) is 117 Å². The highest BCUT2D eigenvalue weighted by Gasteiger charge is 2.39. The summed E-state index contributed by atoms with van der Waals surface area (Å²) in [6.45, 7) is 16.2. The van der Waals surface area contributed by atoms with E-state index in [2.05, 4.69) is 85.3 Å². The molecule has 16 nitrogen and oxygen atoms in total. The highest BCUT2D eigenvalue weighted by atomic mass is 16.3. The highest BCUT2D eigenvalue weighted by Crippen LogP contribution is 2.41. The van der Waals surface area contributed by atoms with Crippen LogP contribution in [-0.4, -0.2) is 109 Å². The van der Waals surface area contributed by atoms with Crippen molar-refractivity contribution in [1.82, 2.24) is 28.9 Å². The van der Waals surface area contributed by atoms with Crippen LogP contribution in [0.4, 0.5) is 34.4 Å². The number of aromatic nitrogens is 4. The fourth-order valence-corrected chi connectivity index (χ4v) is 12.7. The van der Waals surface area contributed by atoms with E-state index in [-0.39, 0.29) is 40.6 Å². The number of carbonyl (C=O) groups is 3. The van der Waals surface area contributed by atoms with E-state index in [0.717, 1.165) is 89.0 Å². The standard InChI is InChI=1S/C56H67N11O5/c1-6-50(69)59-45-28-38(58-51-55(72)61(5)33-46(60-51)43-16-19-57-52(44(43)34-68)66-25-24-65-48(54(66)71)27-36-29-56(3,4)30-49(36)65)12-15-47(45)64-23-22-63(31-35(64)2)39-17-20-62(21-18-39)41-13-14-42-37(26-41)32-67(53(42)70)40-10-8-7-9-11-40/h6,12-16,19,26-28,33,35,39-40,68H,1,7-11,17-18,20-25,29-32,34H2,2-5H3,(H,58,60)(H,59,69). The Balaban J connectivity index is 0.770. The Labute approximate surface area is 421 Å². The van der Waals surface area contributed by atoms with Crippen molar-refractivity contribution in [3.8, 4) is 11.3 Å². The summed E-state index contributed by atoms with van der Waals surface area (Å²) in [4.78, 5) is 74.7. The molecule has 376 valence electrons. The van der Waals surface area contributed by atoms with Gasteiger partial charge in [-0.1, -0.05) is 39.7 Å². The molecule has 2 aliphatic carbocycles. The number of amides is 3. The largest absolute Gasteiger partial charge is 0.392 e. The normalized spacial score (nSPS) is 20.4. The summed E-state index contributed by atoms with van der Waals surface area (Å²) < 4.78 is 3.59. The van der Waals surface area contributed by atoms with Crippen molar-refractivity contribution in [3.63, 3.8) is 0 Å². The van der Waals surface area contributed by atoms with E-state index in [0.29, 0.717) is 64.9 Å². The molecular formula is C56H67N11O5. The number of aliphatic hydroxyl groups is 1. The number of hydrogen-bond donors (Lipinski definition) is 3. The van der Waals surface area contributed by atoms with Gasteiger partial charge < -0.3 is 39.6 Å². The van der Waals surface area contributed by atoms with Gasteiger partial charge in [-0.15, -0.1) is 0 Å². The lowest BCUT2D eigenvalue weighted by Gasteiger charge is -2.47. The minimum atomic E-state index is -0.402. The number of hydrogen-bond acceptors (Lipinski definition) is 11. The van der Waals surface area contributed by atoms with E-state index in [4.69, 9.17) is 4.98 Å². The maximum absolute atomic E-state index is 14.1. The number of aliphatic hydroxyl groups excluding tert-OH is 1. The lowest BCUT2D eigenvalue weighted by molar-refractivity contribution is -0.111. The topological polar surface area (TPSA) is 164 Å². The number of rotatable bonds is 11. The minimum Gasteiger partial charge on any atom is -0.392 e. The number of piperidine rings is 1. The zero-order chi connectivity index (χ0) is 50.0. The van der Waals surface area contributed by atoms with Crippen molar-refractivity contribution in [2.24, 2.45) is 12.5 Å². The zero-order valence-corrected chi connectivity index (χ0v) is 42.1. The van der Waals surface area contributed by atoms with E-state index < -0.39 is 6.61 Å². The molecule has 3 aromatic heterocycles. The monoisotopic (exact) mass is 974 g/mol. The van der Waals surface area contributed by atoms with Crippen LogP contribution < -0.4 is 30.9 Å². The Kier molecular flexibility index (Phi) is 12.5. The number of carbonyl (C=O) groups excluding carboxylic acids is 3. The smallest absolute Gasteiger partial charge is 0.293 e. The van der Waals surface area contributed by atoms with Gasteiger partial charge in [0.1, 0.15) is 11.5 Å². The lowest BCUT2D eigenvalue weighted by atomic mass is 9.90. The second kappa shape index (κ2) is 19.0. The van der Waals surface area contributed by atoms with Gasteiger partial charge in [-0.3, -0.25) is 29.0 Å². The van der Waals surface area contributed by atoms with Gasteiger partial charge in [0, 0.05) is 124 Å². The number of nitrogens with zero attached hydrogens (tertiary/aromatic N) is 9. The molecular weight excluding hydrogens is 907 g/mol. The molecule has 16 heteroatoms. The molecule has 3 amide bonds. The van der Waals surface area contributed by atoms with E-state index in [1.54, 1.807) is 30.4 Å². The van der Waals surface area contributed by atoms with Crippen LogP contribution in [0.5, 0.6) is 0 Å². The van der Waals surface area contributed by atoms with Crippen molar-refractivity contribution in [2.45, 2.75) is 116 Å². The maximum Gasteiger partial charge on any atom is 0.293 e. The molecule has 0 radical (unpaired) electrons. The molecule has 7 heterocycles. The fourth-order valence-electron chi connectivity index (χ4n) is 12.7. The number of aryl methyl sites for hydroxylation is 1. The summed E-state index contributed by atoms with van der Waals surface area (Å²) in [7, 11) is 1.65. The van der Waals surface area contributed by atoms with Gasteiger partial charge >= 0.3 is 0 Å². The molecule has 1 atom stereocenters. The fraction of sp³-hybridized carbons (Fsp3) is 0.464. The molecule has 0 bridgehead atoms. The molecule has 2 aromatic carbocycles. The van der Waals surface area contributed by atoms with Gasteiger partial charge in [0.25, 0.3) is 17.4 Å². The first kappa shape index (κ1) is 47.5. The van der Waals surface area contributed by atoms with Gasteiger partial charge in [-0.2, -0.15) is 0 Å². The summed E-state index contributed by atoms with van der Waals surface area (Å²) >= 11 is 0. The molecule has 1 unspecified atom stereocenters. The average molecular weight is 974 g/mol. The third-order valence-electron chi connectivity index (χ3n) is 16.4. The molecule has 1 saturated carbocycles. The molecule has 6 aliphatic rings. The van der Waals surface area contributed by atoms with Crippen LogP contribution in [0.2, 0.25) is 0 Å². The van der Waals surface area contributed by atoms with Crippen LogP contribution in [0.1, 0.15) is 109 Å². The van der Waals surface area contributed by atoms with Crippen LogP contribution in [0.3, 0.4) is 0 Å². The predicted molar refractivity (Wildman–Crippen MR) is 281 cm³/mol.